The molecule has 3 aliphatic rings. The van der Waals surface area contributed by atoms with Gasteiger partial charge in [0.05, 0.1) is 11.2 Å². The van der Waals surface area contributed by atoms with Crippen LogP contribution in [0, 0.1) is 5.92 Å². The Bertz CT molecular complexity index is 525. The lowest BCUT2D eigenvalue weighted by Gasteiger charge is -2.35. The van der Waals surface area contributed by atoms with Crippen molar-refractivity contribution in [2.45, 2.75) is 63.6 Å². The Morgan fingerprint density at radius 2 is 1.73 bits per heavy atom. The first-order chi connectivity index (χ1) is 9.99. The van der Waals surface area contributed by atoms with E-state index in [1.165, 1.54) is 12.4 Å². The van der Waals surface area contributed by atoms with E-state index >= 15 is 0 Å². The van der Waals surface area contributed by atoms with Crippen LogP contribution in [0.1, 0.15) is 40.5 Å². The molecule has 3 rings (SSSR count). The van der Waals surface area contributed by atoms with Gasteiger partial charge in [-0.25, -0.2) is 0 Å². The lowest BCUT2D eigenvalue weighted by molar-refractivity contribution is -0.198. The van der Waals surface area contributed by atoms with Gasteiger partial charge >= 0.3 is 13.3 Å². The average molecular weight is 316 g/mol. The predicted molar refractivity (Wildman–Crippen MR) is 77.3 cm³/mol. The largest absolute Gasteiger partial charge is 0.497 e. The molecule has 0 aromatic carbocycles. The van der Waals surface area contributed by atoms with Gasteiger partial charge in [-0.05, 0) is 46.7 Å². The van der Waals surface area contributed by atoms with Crippen LogP contribution in [0.2, 0.25) is 0 Å². The predicted octanol–water partition coefficient (Wildman–Crippen LogP) is 2.84. The lowest BCUT2D eigenvalue weighted by Crippen LogP contribution is -2.57. The highest BCUT2D eigenvalue weighted by Crippen LogP contribution is 2.50. The van der Waals surface area contributed by atoms with Gasteiger partial charge in [-0.3, -0.25) is 4.99 Å². The van der Waals surface area contributed by atoms with Crippen LogP contribution in [0.25, 0.3) is 0 Å². The Labute approximate surface area is 128 Å². The summed E-state index contributed by atoms with van der Waals surface area (Å²) in [5.74, 6) is -0.500. The molecule has 122 valence electrons. The summed E-state index contributed by atoms with van der Waals surface area (Å²) in [6.07, 6.45) is -0.791. The first-order valence-electron chi connectivity index (χ1n) is 7.44. The fourth-order valence-corrected chi connectivity index (χ4v) is 2.66. The maximum atomic E-state index is 13.4. The molecule has 4 nitrogen and oxygen atoms in total. The zero-order valence-electron chi connectivity index (χ0n) is 13.1. The minimum Gasteiger partial charge on any atom is -0.399 e. The number of aliphatic imine (C=N–C) groups is 1. The summed E-state index contributed by atoms with van der Waals surface area (Å²) in [7, 11) is -0.716. The summed E-state index contributed by atoms with van der Waals surface area (Å²) >= 11 is 0. The molecular weight excluding hydrogens is 296 g/mol. The van der Waals surface area contributed by atoms with Gasteiger partial charge in [-0.1, -0.05) is 0 Å². The lowest BCUT2D eigenvalue weighted by atomic mass is 9.78. The van der Waals surface area contributed by atoms with Crippen molar-refractivity contribution in [3.63, 3.8) is 0 Å². The molecule has 1 N–H and O–H groups in total. The van der Waals surface area contributed by atoms with Gasteiger partial charge < -0.3 is 14.6 Å². The molecule has 1 unspecified atom stereocenters. The summed E-state index contributed by atoms with van der Waals surface area (Å²) in [6.45, 7) is 7.58. The molecule has 1 saturated carbocycles. The zero-order valence-corrected chi connectivity index (χ0v) is 13.1. The zero-order chi connectivity index (χ0) is 16.4. The Morgan fingerprint density at radius 1 is 1.18 bits per heavy atom. The maximum Gasteiger partial charge on any atom is 0.497 e. The smallest absolute Gasteiger partial charge is 0.399 e. The van der Waals surface area contributed by atoms with Gasteiger partial charge in [0, 0.05) is 17.6 Å². The summed E-state index contributed by atoms with van der Waals surface area (Å²) in [5, 5.41) is 2.47. The summed E-state index contributed by atoms with van der Waals surface area (Å²) < 4.78 is 51.8. The standard InChI is InChI=1S/C14H20BF3N2O2/c1-11(2)12(3,4)22-15(21-11)10-7-19-13(20-8-10,9-5-6-9)14(16,17)18/h7-9,19H,5-6H2,1-4H3. The number of halogens is 3. The molecule has 1 saturated heterocycles. The van der Waals surface area contributed by atoms with Gasteiger partial charge in [0.15, 0.2) is 0 Å². The van der Waals surface area contributed by atoms with Crippen molar-refractivity contribution < 1.29 is 22.5 Å². The van der Waals surface area contributed by atoms with E-state index in [0.29, 0.717) is 18.3 Å². The van der Waals surface area contributed by atoms with E-state index in [0.717, 1.165) is 0 Å². The average Bonchev–Trinajstić information content (AvgIpc) is 3.17. The van der Waals surface area contributed by atoms with Crippen molar-refractivity contribution in [1.29, 1.82) is 0 Å². The number of rotatable bonds is 2. The molecule has 0 spiro atoms. The third-order valence-corrected chi connectivity index (χ3v) is 5.00. The Morgan fingerprint density at radius 3 is 2.09 bits per heavy atom. The van der Waals surface area contributed by atoms with Gasteiger partial charge in [-0.2, -0.15) is 13.2 Å². The maximum absolute atomic E-state index is 13.4. The van der Waals surface area contributed by atoms with Gasteiger partial charge in [-0.15, -0.1) is 0 Å². The van der Waals surface area contributed by atoms with E-state index in [1.54, 1.807) is 0 Å². The normalized spacial score (nSPS) is 33.6. The van der Waals surface area contributed by atoms with Crippen LogP contribution in [-0.4, -0.2) is 36.4 Å². The topological polar surface area (TPSA) is 42.8 Å². The van der Waals surface area contributed by atoms with E-state index < -0.39 is 36.1 Å². The number of allylic oxidation sites excluding steroid dienone is 1. The Balaban J connectivity index is 1.80. The van der Waals surface area contributed by atoms with Gasteiger partial charge in [0.25, 0.3) is 0 Å². The van der Waals surface area contributed by atoms with Crippen molar-refractivity contribution in [2.75, 3.05) is 0 Å². The number of hydrogen-bond acceptors (Lipinski definition) is 4. The van der Waals surface area contributed by atoms with Crippen molar-refractivity contribution in [2.24, 2.45) is 10.9 Å². The third kappa shape index (κ3) is 2.27. The quantitative estimate of drug-likeness (QED) is 0.797. The minimum absolute atomic E-state index is 0.471. The van der Waals surface area contributed by atoms with Crippen LogP contribution in [0.4, 0.5) is 13.2 Å². The molecular formula is C14H20BF3N2O2. The molecule has 22 heavy (non-hydrogen) atoms. The SMILES string of the molecule is CC1(C)OB(C2=CNC(C3CC3)(C(F)(F)F)N=C2)OC1(C)C. The van der Waals surface area contributed by atoms with Crippen LogP contribution in [0.5, 0.6) is 0 Å². The fraction of sp³-hybridized carbons (Fsp3) is 0.786. The van der Waals surface area contributed by atoms with Crippen LogP contribution in [-0.2, 0) is 9.31 Å². The summed E-state index contributed by atoms with van der Waals surface area (Å²) in [4.78, 5) is 3.83. The Hall–Kier alpha value is -1.02. The third-order valence-electron chi connectivity index (χ3n) is 5.00. The Kier molecular flexibility index (Phi) is 3.25. The van der Waals surface area contributed by atoms with E-state index in [-0.39, 0.29) is 0 Å². The van der Waals surface area contributed by atoms with Crippen LogP contribution < -0.4 is 5.32 Å². The van der Waals surface area contributed by atoms with Crippen LogP contribution in [0.15, 0.2) is 16.7 Å². The van der Waals surface area contributed by atoms with Gasteiger partial charge in [0.2, 0.25) is 5.66 Å². The van der Waals surface area contributed by atoms with Crippen molar-refractivity contribution in [1.82, 2.24) is 5.32 Å². The molecule has 2 heterocycles. The molecule has 8 heteroatoms. The molecule has 0 bridgehead atoms. The highest BCUT2D eigenvalue weighted by atomic mass is 19.4. The van der Waals surface area contributed by atoms with E-state index in [1.807, 2.05) is 27.7 Å². The van der Waals surface area contributed by atoms with Crippen molar-refractivity contribution >= 4 is 13.3 Å². The molecule has 0 aromatic heterocycles. The second kappa shape index (κ2) is 4.51. The van der Waals surface area contributed by atoms with Crippen molar-refractivity contribution in [3.8, 4) is 0 Å². The molecule has 1 aliphatic carbocycles. The van der Waals surface area contributed by atoms with E-state index in [9.17, 15) is 13.2 Å². The molecule has 1 atom stereocenters. The van der Waals surface area contributed by atoms with Gasteiger partial charge in [0.1, 0.15) is 0 Å². The number of nitrogens with zero attached hydrogens (tertiary/aromatic N) is 1. The molecule has 0 aromatic rings. The van der Waals surface area contributed by atoms with Crippen molar-refractivity contribution in [3.05, 3.63) is 11.7 Å². The molecule has 2 fully saturated rings. The second-order valence-electron chi connectivity index (χ2n) is 7.17. The fourth-order valence-electron chi connectivity index (χ4n) is 2.66. The van der Waals surface area contributed by atoms with Crippen LogP contribution in [0.3, 0.4) is 0 Å². The number of alkyl halides is 3. The minimum atomic E-state index is -4.43. The number of hydrogen-bond donors (Lipinski definition) is 1. The second-order valence-corrected chi connectivity index (χ2v) is 7.17. The first-order valence-corrected chi connectivity index (χ1v) is 7.44. The molecule has 0 radical (unpaired) electrons. The van der Waals surface area contributed by atoms with E-state index in [4.69, 9.17) is 9.31 Å². The van der Waals surface area contributed by atoms with Crippen LogP contribution >= 0.6 is 0 Å². The molecule has 2 aliphatic heterocycles. The highest BCUT2D eigenvalue weighted by Gasteiger charge is 2.64. The monoisotopic (exact) mass is 316 g/mol. The summed E-state index contributed by atoms with van der Waals surface area (Å²) in [6, 6.07) is 0. The highest BCUT2D eigenvalue weighted by molar-refractivity contribution is 6.60. The molecule has 0 amide bonds. The number of nitrogens with one attached hydrogen (secondary N) is 1. The van der Waals surface area contributed by atoms with E-state index in [2.05, 4.69) is 10.3 Å². The summed E-state index contributed by atoms with van der Waals surface area (Å²) in [5.41, 5.74) is -2.80. The first kappa shape index (κ1) is 15.9.